The number of carbonyl (C=O) groups excluding carboxylic acids is 2. The predicted octanol–water partition coefficient (Wildman–Crippen LogP) is 5.18. The topological polar surface area (TPSA) is 86.8 Å². The molecule has 0 heterocycles. The Morgan fingerprint density at radius 2 is 1.69 bits per heavy atom. The molecule has 0 radical (unpaired) electrons. The number of nitrogens with one attached hydrogen (secondary N) is 1. The summed E-state index contributed by atoms with van der Waals surface area (Å²) in [4.78, 5) is 27.9. The number of carbonyl (C=O) groups is 2. The first-order valence-corrected chi connectivity index (χ1v) is 14.6. The zero-order valence-electron chi connectivity index (χ0n) is 21.3. The van der Waals surface area contributed by atoms with Crippen molar-refractivity contribution in [3.63, 3.8) is 0 Å². The third kappa shape index (κ3) is 8.39. The molecular formula is C26H35Cl2N3O4S. The molecule has 0 aliphatic carbocycles. The van der Waals surface area contributed by atoms with Gasteiger partial charge in [0.15, 0.2) is 0 Å². The highest BCUT2D eigenvalue weighted by atomic mass is 35.5. The van der Waals surface area contributed by atoms with Crippen molar-refractivity contribution in [2.45, 2.75) is 59.0 Å². The fourth-order valence-electron chi connectivity index (χ4n) is 3.93. The fourth-order valence-corrected chi connectivity index (χ4v) is 5.40. The third-order valence-corrected chi connectivity index (χ3v) is 7.67. The van der Waals surface area contributed by atoms with Crippen LogP contribution in [0, 0.1) is 6.92 Å². The molecule has 1 atom stereocenters. The molecule has 198 valence electrons. The summed E-state index contributed by atoms with van der Waals surface area (Å²) in [6, 6.07) is 11.6. The minimum absolute atomic E-state index is 0.0530. The molecule has 0 saturated carbocycles. The van der Waals surface area contributed by atoms with Crippen molar-refractivity contribution in [2.75, 3.05) is 23.7 Å². The minimum Gasteiger partial charge on any atom is -0.354 e. The first kappa shape index (κ1) is 29.9. The van der Waals surface area contributed by atoms with Gasteiger partial charge in [-0.2, -0.15) is 0 Å². The zero-order valence-corrected chi connectivity index (χ0v) is 23.6. The van der Waals surface area contributed by atoms with Gasteiger partial charge in [0.2, 0.25) is 21.8 Å². The standard InChI is InChI=1S/C26H35Cl2N3O4S/c1-5-15-29-26(33)24(6-2)30(18-21-22(27)12-8-13-23(21)28)25(32)14-9-16-31(36(4,34)35)20-11-7-10-19(3)17-20/h7-8,10-13,17,24H,5-6,9,14-16,18H2,1-4H3,(H,29,33)/t24-/m0/s1. The van der Waals surface area contributed by atoms with Gasteiger partial charge in [-0.15, -0.1) is 0 Å². The molecule has 10 heteroatoms. The first-order valence-electron chi connectivity index (χ1n) is 12.0. The Bertz CT molecular complexity index is 1140. The largest absolute Gasteiger partial charge is 0.354 e. The minimum atomic E-state index is -3.55. The normalized spacial score (nSPS) is 12.2. The summed E-state index contributed by atoms with van der Waals surface area (Å²) in [5, 5.41) is 3.69. The molecule has 7 nitrogen and oxygen atoms in total. The van der Waals surface area contributed by atoms with E-state index in [2.05, 4.69) is 5.32 Å². The van der Waals surface area contributed by atoms with Crippen LogP contribution in [0.4, 0.5) is 5.69 Å². The Labute approximate surface area is 224 Å². The van der Waals surface area contributed by atoms with Crippen LogP contribution in [-0.2, 0) is 26.2 Å². The highest BCUT2D eigenvalue weighted by Gasteiger charge is 2.29. The van der Waals surface area contributed by atoms with E-state index in [1.165, 1.54) is 9.21 Å². The van der Waals surface area contributed by atoms with Gasteiger partial charge in [-0.3, -0.25) is 13.9 Å². The Kier molecular flexibility index (Phi) is 11.5. The van der Waals surface area contributed by atoms with Gasteiger partial charge in [0.25, 0.3) is 0 Å². The molecule has 0 fully saturated rings. The molecule has 2 rings (SSSR count). The number of nitrogens with zero attached hydrogens (tertiary/aromatic N) is 2. The number of hydrogen-bond donors (Lipinski definition) is 1. The second-order valence-electron chi connectivity index (χ2n) is 8.71. The monoisotopic (exact) mass is 555 g/mol. The van der Waals surface area contributed by atoms with Crippen LogP contribution in [0.15, 0.2) is 42.5 Å². The highest BCUT2D eigenvalue weighted by molar-refractivity contribution is 7.92. The number of hydrogen-bond acceptors (Lipinski definition) is 4. The SMILES string of the molecule is CCCNC(=O)[C@H](CC)N(Cc1c(Cl)cccc1Cl)C(=O)CCCN(c1cccc(C)c1)S(C)(=O)=O. The lowest BCUT2D eigenvalue weighted by Gasteiger charge is -2.31. The van der Waals surface area contributed by atoms with Crippen molar-refractivity contribution in [3.8, 4) is 0 Å². The van der Waals surface area contributed by atoms with Crippen LogP contribution in [-0.4, -0.2) is 50.5 Å². The molecule has 2 aromatic rings. The molecule has 0 aliphatic heterocycles. The van der Waals surface area contributed by atoms with E-state index in [0.717, 1.165) is 18.2 Å². The van der Waals surface area contributed by atoms with Gasteiger partial charge < -0.3 is 10.2 Å². The molecule has 0 unspecified atom stereocenters. The Morgan fingerprint density at radius 3 is 2.25 bits per heavy atom. The Hall–Kier alpha value is -2.29. The highest BCUT2D eigenvalue weighted by Crippen LogP contribution is 2.27. The summed E-state index contributed by atoms with van der Waals surface area (Å²) in [6.45, 7) is 6.39. The van der Waals surface area contributed by atoms with Crippen LogP contribution < -0.4 is 9.62 Å². The predicted molar refractivity (Wildman–Crippen MR) is 147 cm³/mol. The van der Waals surface area contributed by atoms with Gasteiger partial charge in [0.1, 0.15) is 6.04 Å². The zero-order chi connectivity index (χ0) is 26.9. The number of halogens is 2. The second-order valence-corrected chi connectivity index (χ2v) is 11.4. The number of anilines is 1. The maximum absolute atomic E-state index is 13.5. The van der Waals surface area contributed by atoms with Crippen LogP contribution in [0.5, 0.6) is 0 Å². The lowest BCUT2D eigenvalue weighted by atomic mass is 10.1. The first-order chi connectivity index (χ1) is 17.0. The molecule has 0 saturated heterocycles. The second kappa shape index (κ2) is 13.9. The maximum atomic E-state index is 13.5. The molecular weight excluding hydrogens is 521 g/mol. The Balaban J connectivity index is 2.26. The Morgan fingerprint density at radius 1 is 1.06 bits per heavy atom. The summed E-state index contributed by atoms with van der Waals surface area (Å²) < 4.78 is 26.2. The number of benzene rings is 2. The summed E-state index contributed by atoms with van der Waals surface area (Å²) >= 11 is 12.7. The van der Waals surface area contributed by atoms with Crippen molar-refractivity contribution in [3.05, 3.63) is 63.6 Å². The fraction of sp³-hybridized carbons (Fsp3) is 0.462. The lowest BCUT2D eigenvalue weighted by Crippen LogP contribution is -2.49. The van der Waals surface area contributed by atoms with Crippen molar-refractivity contribution in [1.29, 1.82) is 0 Å². The smallest absolute Gasteiger partial charge is 0.242 e. The van der Waals surface area contributed by atoms with Crippen LogP contribution in [0.2, 0.25) is 10.0 Å². The molecule has 0 spiro atoms. The average molecular weight is 557 g/mol. The van der Waals surface area contributed by atoms with E-state index in [1.807, 2.05) is 26.8 Å². The van der Waals surface area contributed by atoms with Crippen LogP contribution in [0.3, 0.4) is 0 Å². The van der Waals surface area contributed by atoms with E-state index in [1.54, 1.807) is 36.4 Å². The van der Waals surface area contributed by atoms with Crippen LogP contribution in [0.25, 0.3) is 0 Å². The van der Waals surface area contributed by atoms with Gasteiger partial charge in [-0.05, 0) is 56.0 Å². The van der Waals surface area contributed by atoms with Gasteiger partial charge in [0.05, 0.1) is 11.9 Å². The van der Waals surface area contributed by atoms with E-state index in [4.69, 9.17) is 23.2 Å². The molecule has 36 heavy (non-hydrogen) atoms. The van der Waals surface area contributed by atoms with Crippen LogP contribution in [0.1, 0.15) is 50.7 Å². The van der Waals surface area contributed by atoms with Crippen molar-refractivity contribution in [1.82, 2.24) is 10.2 Å². The number of rotatable bonds is 13. The quantitative estimate of drug-likeness (QED) is 0.368. The van der Waals surface area contributed by atoms with E-state index in [-0.39, 0.29) is 37.7 Å². The van der Waals surface area contributed by atoms with Crippen molar-refractivity contribution >= 4 is 50.7 Å². The average Bonchev–Trinajstić information content (AvgIpc) is 2.81. The van der Waals surface area contributed by atoms with Crippen molar-refractivity contribution in [2.24, 2.45) is 0 Å². The molecule has 2 aromatic carbocycles. The molecule has 0 bridgehead atoms. The number of aryl methyl sites for hydroxylation is 1. The summed E-state index contributed by atoms with van der Waals surface area (Å²) in [7, 11) is -3.55. The maximum Gasteiger partial charge on any atom is 0.242 e. The van der Waals surface area contributed by atoms with E-state index >= 15 is 0 Å². The van der Waals surface area contributed by atoms with E-state index < -0.39 is 16.1 Å². The summed E-state index contributed by atoms with van der Waals surface area (Å²) in [5.41, 5.74) is 2.05. The molecule has 2 amide bonds. The van der Waals surface area contributed by atoms with Gasteiger partial charge in [-0.1, -0.05) is 55.2 Å². The summed E-state index contributed by atoms with van der Waals surface area (Å²) in [5.74, 6) is -0.518. The lowest BCUT2D eigenvalue weighted by molar-refractivity contribution is -0.141. The molecule has 0 aromatic heterocycles. The van der Waals surface area contributed by atoms with Crippen LogP contribution >= 0.6 is 23.2 Å². The number of amides is 2. The van der Waals surface area contributed by atoms with E-state index in [9.17, 15) is 18.0 Å². The molecule has 1 N–H and O–H groups in total. The van der Waals surface area contributed by atoms with Gasteiger partial charge >= 0.3 is 0 Å². The summed E-state index contributed by atoms with van der Waals surface area (Å²) in [6.07, 6.45) is 2.65. The number of sulfonamides is 1. The molecule has 0 aliphatic rings. The third-order valence-electron chi connectivity index (χ3n) is 5.77. The van der Waals surface area contributed by atoms with Crippen molar-refractivity contribution < 1.29 is 18.0 Å². The van der Waals surface area contributed by atoms with Gasteiger partial charge in [-0.25, -0.2) is 8.42 Å². The van der Waals surface area contributed by atoms with E-state index in [0.29, 0.717) is 34.3 Å². The van der Waals surface area contributed by atoms with Gasteiger partial charge in [0, 0.05) is 41.7 Å².